The first-order valence-corrected chi connectivity index (χ1v) is 7.22. The zero-order chi connectivity index (χ0) is 15.3. The molecule has 1 aliphatic carbocycles. The van der Waals surface area contributed by atoms with E-state index in [0.717, 1.165) is 19.4 Å². The molecule has 1 saturated carbocycles. The minimum Gasteiger partial charge on any atom is -0.489 e. The van der Waals surface area contributed by atoms with E-state index < -0.39 is 6.36 Å². The van der Waals surface area contributed by atoms with Crippen LogP contribution in [0.4, 0.5) is 13.2 Å². The van der Waals surface area contributed by atoms with Crippen LogP contribution in [0.5, 0.6) is 11.5 Å². The van der Waals surface area contributed by atoms with Crippen molar-refractivity contribution in [2.45, 2.75) is 51.1 Å². The maximum absolute atomic E-state index is 12.1. The van der Waals surface area contributed by atoms with Crippen molar-refractivity contribution in [2.75, 3.05) is 6.54 Å². The molecule has 0 aliphatic heterocycles. The molecule has 0 spiro atoms. The lowest BCUT2D eigenvalue weighted by atomic mass is 10.2. The van der Waals surface area contributed by atoms with E-state index in [1.165, 1.54) is 37.1 Å². The molecule has 1 aromatic rings. The molecule has 0 saturated heterocycles. The third kappa shape index (κ3) is 6.25. The average Bonchev–Trinajstić information content (AvgIpc) is 3.21. The van der Waals surface area contributed by atoms with Crippen LogP contribution >= 0.6 is 0 Å². The van der Waals surface area contributed by atoms with Crippen LogP contribution in [0, 0.1) is 0 Å². The summed E-state index contributed by atoms with van der Waals surface area (Å²) in [5.41, 5.74) is 0. The third-order valence-electron chi connectivity index (χ3n) is 3.18. The largest absolute Gasteiger partial charge is 0.573 e. The molecule has 1 fully saturated rings. The number of hydrogen-bond donors (Lipinski definition) is 1. The van der Waals surface area contributed by atoms with Crippen molar-refractivity contribution in [2.24, 2.45) is 0 Å². The summed E-state index contributed by atoms with van der Waals surface area (Å²) >= 11 is 0. The molecule has 3 nitrogen and oxygen atoms in total. The molecule has 1 aromatic carbocycles. The minimum absolute atomic E-state index is 0.0324. The van der Waals surface area contributed by atoms with E-state index in [-0.39, 0.29) is 11.9 Å². The molecule has 0 radical (unpaired) electrons. The fourth-order valence-corrected chi connectivity index (χ4v) is 2.02. The lowest BCUT2D eigenvalue weighted by Crippen LogP contribution is -2.32. The van der Waals surface area contributed by atoms with Crippen LogP contribution in [-0.4, -0.2) is 25.1 Å². The number of rotatable bonds is 8. The predicted molar refractivity (Wildman–Crippen MR) is 73.5 cm³/mol. The second-order valence-corrected chi connectivity index (χ2v) is 5.23. The maximum atomic E-state index is 12.1. The first kappa shape index (κ1) is 15.9. The van der Waals surface area contributed by atoms with Crippen LogP contribution in [-0.2, 0) is 0 Å². The number of ether oxygens (including phenoxy) is 2. The summed E-state index contributed by atoms with van der Waals surface area (Å²) in [4.78, 5) is 0. The third-order valence-corrected chi connectivity index (χ3v) is 3.18. The molecular weight excluding hydrogens is 283 g/mol. The number of alkyl halides is 3. The Kier molecular flexibility index (Phi) is 5.33. The summed E-state index contributed by atoms with van der Waals surface area (Å²) in [5, 5.41) is 3.41. The fourth-order valence-electron chi connectivity index (χ4n) is 2.02. The number of benzene rings is 1. The number of halogens is 3. The Morgan fingerprint density at radius 1 is 1.19 bits per heavy atom. The van der Waals surface area contributed by atoms with Crippen LogP contribution in [0.1, 0.15) is 32.6 Å². The highest BCUT2D eigenvalue weighted by Gasteiger charge is 2.31. The van der Waals surface area contributed by atoms with Crippen LogP contribution in [0.2, 0.25) is 0 Å². The van der Waals surface area contributed by atoms with E-state index in [9.17, 15) is 13.2 Å². The van der Waals surface area contributed by atoms with Crippen molar-refractivity contribution >= 4 is 0 Å². The highest BCUT2D eigenvalue weighted by molar-refractivity contribution is 5.31. The summed E-state index contributed by atoms with van der Waals surface area (Å²) in [7, 11) is 0. The van der Waals surface area contributed by atoms with E-state index >= 15 is 0 Å². The smallest absolute Gasteiger partial charge is 0.489 e. The molecule has 1 aliphatic rings. The SMILES string of the molecule is CCCC(CNC1CC1)Oc1ccc(OC(F)(F)F)cc1. The van der Waals surface area contributed by atoms with Crippen molar-refractivity contribution in [1.29, 1.82) is 0 Å². The quantitative estimate of drug-likeness (QED) is 0.790. The van der Waals surface area contributed by atoms with Gasteiger partial charge in [-0.05, 0) is 43.5 Å². The normalized spacial score (nSPS) is 16.6. The lowest BCUT2D eigenvalue weighted by Gasteiger charge is -2.19. The molecule has 0 bridgehead atoms. The Labute approximate surface area is 122 Å². The molecule has 1 atom stereocenters. The average molecular weight is 303 g/mol. The molecule has 2 rings (SSSR count). The Bertz CT molecular complexity index is 430. The molecule has 21 heavy (non-hydrogen) atoms. The summed E-state index contributed by atoms with van der Waals surface area (Å²) in [6, 6.07) is 6.14. The topological polar surface area (TPSA) is 30.5 Å². The van der Waals surface area contributed by atoms with Crippen molar-refractivity contribution in [1.82, 2.24) is 5.32 Å². The van der Waals surface area contributed by atoms with Gasteiger partial charge < -0.3 is 14.8 Å². The van der Waals surface area contributed by atoms with Gasteiger partial charge in [-0.2, -0.15) is 0 Å². The molecular formula is C15H20F3NO2. The van der Waals surface area contributed by atoms with Gasteiger partial charge in [-0.25, -0.2) is 0 Å². The standard InChI is InChI=1S/C15H20F3NO2/c1-2-3-14(10-19-11-4-5-11)20-12-6-8-13(9-7-12)21-15(16,17)18/h6-9,11,14,19H,2-5,10H2,1H3. The van der Waals surface area contributed by atoms with Crippen LogP contribution in [0.15, 0.2) is 24.3 Å². The Hall–Kier alpha value is -1.43. The second kappa shape index (κ2) is 7.02. The monoisotopic (exact) mass is 303 g/mol. The van der Waals surface area contributed by atoms with Gasteiger partial charge in [0.05, 0.1) is 0 Å². The van der Waals surface area contributed by atoms with Crippen molar-refractivity contribution in [3.8, 4) is 11.5 Å². The summed E-state index contributed by atoms with van der Waals surface area (Å²) in [6.07, 6.45) is -0.316. The lowest BCUT2D eigenvalue weighted by molar-refractivity contribution is -0.274. The van der Waals surface area contributed by atoms with E-state index in [0.29, 0.717) is 11.8 Å². The Balaban J connectivity index is 1.86. The molecule has 1 unspecified atom stereocenters. The molecule has 0 aromatic heterocycles. The van der Waals surface area contributed by atoms with Gasteiger partial charge in [0, 0.05) is 12.6 Å². The van der Waals surface area contributed by atoms with Crippen LogP contribution < -0.4 is 14.8 Å². The zero-order valence-electron chi connectivity index (χ0n) is 12.0. The Morgan fingerprint density at radius 3 is 2.33 bits per heavy atom. The summed E-state index contributed by atoms with van der Waals surface area (Å²) < 4.78 is 45.9. The van der Waals surface area contributed by atoms with Crippen molar-refractivity contribution in [3.05, 3.63) is 24.3 Å². The second-order valence-electron chi connectivity index (χ2n) is 5.23. The minimum atomic E-state index is -4.67. The van der Waals surface area contributed by atoms with Gasteiger partial charge >= 0.3 is 6.36 Å². The predicted octanol–water partition coefficient (Wildman–Crippen LogP) is 3.88. The van der Waals surface area contributed by atoms with Crippen LogP contribution in [0.25, 0.3) is 0 Å². The molecule has 1 N–H and O–H groups in total. The first-order chi connectivity index (χ1) is 9.96. The van der Waals surface area contributed by atoms with Gasteiger partial charge in [0.15, 0.2) is 0 Å². The highest BCUT2D eigenvalue weighted by atomic mass is 19.4. The van der Waals surface area contributed by atoms with E-state index in [2.05, 4.69) is 17.0 Å². The Morgan fingerprint density at radius 2 is 1.81 bits per heavy atom. The molecule has 0 heterocycles. The molecule has 118 valence electrons. The number of hydrogen-bond acceptors (Lipinski definition) is 3. The molecule has 0 amide bonds. The van der Waals surface area contributed by atoms with Crippen LogP contribution in [0.3, 0.4) is 0 Å². The van der Waals surface area contributed by atoms with Gasteiger partial charge in [0.2, 0.25) is 0 Å². The zero-order valence-corrected chi connectivity index (χ0v) is 12.0. The van der Waals surface area contributed by atoms with E-state index in [1.54, 1.807) is 0 Å². The maximum Gasteiger partial charge on any atom is 0.573 e. The van der Waals surface area contributed by atoms with Gasteiger partial charge in [-0.15, -0.1) is 13.2 Å². The van der Waals surface area contributed by atoms with Gasteiger partial charge in [0.25, 0.3) is 0 Å². The highest BCUT2D eigenvalue weighted by Crippen LogP contribution is 2.25. The van der Waals surface area contributed by atoms with Gasteiger partial charge in [0.1, 0.15) is 17.6 Å². The van der Waals surface area contributed by atoms with Gasteiger partial charge in [-0.1, -0.05) is 13.3 Å². The molecule has 6 heteroatoms. The van der Waals surface area contributed by atoms with Gasteiger partial charge in [-0.3, -0.25) is 0 Å². The summed E-state index contributed by atoms with van der Waals surface area (Å²) in [5.74, 6) is 0.318. The van der Waals surface area contributed by atoms with E-state index in [4.69, 9.17) is 4.74 Å². The van der Waals surface area contributed by atoms with Crippen molar-refractivity contribution in [3.63, 3.8) is 0 Å². The fraction of sp³-hybridized carbons (Fsp3) is 0.600. The number of nitrogens with one attached hydrogen (secondary N) is 1. The van der Waals surface area contributed by atoms with Crippen molar-refractivity contribution < 1.29 is 22.6 Å². The first-order valence-electron chi connectivity index (χ1n) is 7.22. The summed E-state index contributed by atoms with van der Waals surface area (Å²) in [6.45, 7) is 2.84. The van der Waals surface area contributed by atoms with E-state index in [1.807, 2.05) is 0 Å².